The number of halogens is 2. The van der Waals surface area contributed by atoms with E-state index in [1.54, 1.807) is 6.07 Å². The molecule has 90 valence electrons. The molecule has 16 heavy (non-hydrogen) atoms. The molecule has 2 N–H and O–H groups in total. The van der Waals surface area contributed by atoms with Crippen molar-refractivity contribution in [2.75, 3.05) is 13.1 Å². The number of benzene rings is 1. The van der Waals surface area contributed by atoms with Crippen molar-refractivity contribution in [2.45, 2.75) is 26.4 Å². The lowest BCUT2D eigenvalue weighted by atomic mass is 10.2. The van der Waals surface area contributed by atoms with Gasteiger partial charge in [-0.15, -0.1) is 0 Å². The Morgan fingerprint density at radius 3 is 2.62 bits per heavy atom. The topological polar surface area (TPSA) is 24.1 Å². The van der Waals surface area contributed by atoms with Crippen LogP contribution in [0.25, 0.3) is 0 Å². The third-order valence-corrected chi connectivity index (χ3v) is 2.56. The zero-order chi connectivity index (χ0) is 12.0. The molecule has 0 aliphatic heterocycles. The van der Waals surface area contributed by atoms with Gasteiger partial charge in [0, 0.05) is 30.1 Å². The Morgan fingerprint density at radius 2 is 2.00 bits per heavy atom. The van der Waals surface area contributed by atoms with E-state index in [1.165, 1.54) is 6.07 Å². The smallest absolute Gasteiger partial charge is 0.124 e. The van der Waals surface area contributed by atoms with E-state index in [-0.39, 0.29) is 5.82 Å². The highest BCUT2D eigenvalue weighted by Crippen LogP contribution is 2.14. The third kappa shape index (κ3) is 5.58. The Bertz CT molecular complexity index is 309. The molecule has 0 aliphatic carbocycles. The number of rotatable bonds is 6. The molecule has 1 aromatic carbocycles. The quantitative estimate of drug-likeness (QED) is 0.787. The Morgan fingerprint density at radius 1 is 1.25 bits per heavy atom. The monoisotopic (exact) mass is 288 g/mol. The summed E-state index contributed by atoms with van der Waals surface area (Å²) in [5, 5.41) is 6.57. The molecule has 0 heterocycles. The van der Waals surface area contributed by atoms with Gasteiger partial charge in [-0.25, -0.2) is 4.39 Å². The molecule has 0 atom stereocenters. The second kappa shape index (κ2) is 6.99. The SMILES string of the molecule is CC(C)NCCNCc1cc(F)cc(Br)c1. The van der Waals surface area contributed by atoms with Crippen molar-refractivity contribution in [2.24, 2.45) is 0 Å². The molecule has 0 unspecified atom stereocenters. The van der Waals surface area contributed by atoms with E-state index in [2.05, 4.69) is 40.4 Å². The van der Waals surface area contributed by atoms with Crippen molar-refractivity contribution in [1.82, 2.24) is 10.6 Å². The van der Waals surface area contributed by atoms with Gasteiger partial charge < -0.3 is 10.6 Å². The molecule has 4 heteroatoms. The maximum Gasteiger partial charge on any atom is 0.124 e. The van der Waals surface area contributed by atoms with Crippen molar-refractivity contribution in [1.29, 1.82) is 0 Å². The summed E-state index contributed by atoms with van der Waals surface area (Å²) in [5.41, 5.74) is 0.955. The summed E-state index contributed by atoms with van der Waals surface area (Å²) in [4.78, 5) is 0. The fraction of sp³-hybridized carbons (Fsp3) is 0.500. The molecule has 0 bridgehead atoms. The minimum Gasteiger partial charge on any atom is -0.313 e. The van der Waals surface area contributed by atoms with Crippen molar-refractivity contribution in [3.8, 4) is 0 Å². The summed E-state index contributed by atoms with van der Waals surface area (Å²) in [6.07, 6.45) is 0. The van der Waals surface area contributed by atoms with E-state index in [0.29, 0.717) is 12.6 Å². The average Bonchev–Trinajstić information content (AvgIpc) is 2.15. The molecule has 1 rings (SSSR count). The molecule has 0 aromatic heterocycles. The summed E-state index contributed by atoms with van der Waals surface area (Å²) in [6.45, 7) is 6.73. The Hall–Kier alpha value is -0.450. The third-order valence-electron chi connectivity index (χ3n) is 2.11. The first-order valence-electron chi connectivity index (χ1n) is 5.47. The predicted molar refractivity (Wildman–Crippen MR) is 68.9 cm³/mol. The van der Waals surface area contributed by atoms with Crippen LogP contribution in [0.1, 0.15) is 19.4 Å². The summed E-state index contributed by atoms with van der Waals surface area (Å²) in [7, 11) is 0. The van der Waals surface area contributed by atoms with Crippen LogP contribution >= 0.6 is 15.9 Å². The van der Waals surface area contributed by atoms with E-state index in [4.69, 9.17) is 0 Å². The lowest BCUT2D eigenvalue weighted by Gasteiger charge is -2.09. The van der Waals surface area contributed by atoms with Crippen LogP contribution in [0.2, 0.25) is 0 Å². The van der Waals surface area contributed by atoms with Crippen molar-refractivity contribution < 1.29 is 4.39 Å². The summed E-state index contributed by atoms with van der Waals surface area (Å²) < 4.78 is 13.8. The van der Waals surface area contributed by atoms with Gasteiger partial charge in [-0.3, -0.25) is 0 Å². The maximum absolute atomic E-state index is 13.0. The van der Waals surface area contributed by atoms with E-state index in [0.717, 1.165) is 23.1 Å². The first kappa shape index (κ1) is 13.6. The lowest BCUT2D eigenvalue weighted by Crippen LogP contribution is -2.31. The average molecular weight is 289 g/mol. The van der Waals surface area contributed by atoms with Gasteiger partial charge in [0.15, 0.2) is 0 Å². The first-order chi connectivity index (χ1) is 7.58. The summed E-state index contributed by atoms with van der Waals surface area (Å²) in [6, 6.07) is 5.44. The normalized spacial score (nSPS) is 11.1. The highest BCUT2D eigenvalue weighted by atomic mass is 79.9. The van der Waals surface area contributed by atoms with Gasteiger partial charge in [0.05, 0.1) is 0 Å². The standard InChI is InChI=1S/C12H18BrFN2/c1-9(2)16-4-3-15-8-10-5-11(13)7-12(14)6-10/h5-7,9,15-16H,3-4,8H2,1-2H3. The van der Waals surface area contributed by atoms with E-state index >= 15 is 0 Å². The second-order valence-electron chi connectivity index (χ2n) is 4.06. The van der Waals surface area contributed by atoms with Crippen LogP contribution in [0.4, 0.5) is 4.39 Å². The van der Waals surface area contributed by atoms with Gasteiger partial charge >= 0.3 is 0 Å². The van der Waals surface area contributed by atoms with Gasteiger partial charge in [-0.2, -0.15) is 0 Å². The molecule has 0 radical (unpaired) electrons. The van der Waals surface area contributed by atoms with E-state index in [1.807, 2.05) is 6.07 Å². The molecular weight excluding hydrogens is 271 g/mol. The van der Waals surface area contributed by atoms with Crippen molar-refractivity contribution in [3.05, 3.63) is 34.1 Å². The molecule has 0 saturated carbocycles. The van der Waals surface area contributed by atoms with Crippen LogP contribution in [-0.4, -0.2) is 19.1 Å². The zero-order valence-corrected chi connectivity index (χ0v) is 11.3. The fourth-order valence-electron chi connectivity index (χ4n) is 1.39. The van der Waals surface area contributed by atoms with Gasteiger partial charge in [-0.05, 0) is 23.8 Å². The highest BCUT2D eigenvalue weighted by Gasteiger charge is 1.98. The highest BCUT2D eigenvalue weighted by molar-refractivity contribution is 9.10. The van der Waals surface area contributed by atoms with Gasteiger partial charge in [0.25, 0.3) is 0 Å². The first-order valence-corrected chi connectivity index (χ1v) is 6.26. The second-order valence-corrected chi connectivity index (χ2v) is 4.98. The molecule has 0 aliphatic rings. The number of nitrogens with one attached hydrogen (secondary N) is 2. The zero-order valence-electron chi connectivity index (χ0n) is 9.69. The predicted octanol–water partition coefficient (Wildman–Crippen LogP) is 2.68. The van der Waals surface area contributed by atoms with Crippen LogP contribution in [0.3, 0.4) is 0 Å². The van der Waals surface area contributed by atoms with Crippen LogP contribution in [0.15, 0.2) is 22.7 Å². The van der Waals surface area contributed by atoms with Crippen LogP contribution < -0.4 is 10.6 Å². The maximum atomic E-state index is 13.0. The van der Waals surface area contributed by atoms with Crippen molar-refractivity contribution in [3.63, 3.8) is 0 Å². The number of hydrogen-bond acceptors (Lipinski definition) is 2. The van der Waals surface area contributed by atoms with Gasteiger partial charge in [0.2, 0.25) is 0 Å². The van der Waals surface area contributed by atoms with E-state index in [9.17, 15) is 4.39 Å². The van der Waals surface area contributed by atoms with Crippen LogP contribution in [0.5, 0.6) is 0 Å². The fourth-order valence-corrected chi connectivity index (χ4v) is 1.91. The Balaban J connectivity index is 2.26. The van der Waals surface area contributed by atoms with Crippen LogP contribution in [0, 0.1) is 5.82 Å². The molecule has 0 saturated heterocycles. The largest absolute Gasteiger partial charge is 0.313 e. The molecule has 1 aromatic rings. The molecule has 0 amide bonds. The summed E-state index contributed by atoms with van der Waals surface area (Å²) in [5.74, 6) is -0.202. The summed E-state index contributed by atoms with van der Waals surface area (Å²) >= 11 is 3.27. The van der Waals surface area contributed by atoms with Gasteiger partial charge in [0.1, 0.15) is 5.82 Å². The van der Waals surface area contributed by atoms with Crippen LogP contribution in [-0.2, 0) is 6.54 Å². The minimum absolute atomic E-state index is 0.202. The Labute approximate surface area is 105 Å². The van der Waals surface area contributed by atoms with E-state index < -0.39 is 0 Å². The number of hydrogen-bond donors (Lipinski definition) is 2. The molecular formula is C12H18BrFN2. The van der Waals surface area contributed by atoms with Gasteiger partial charge in [-0.1, -0.05) is 29.8 Å². The minimum atomic E-state index is -0.202. The Kier molecular flexibility index (Phi) is 5.95. The molecule has 0 fully saturated rings. The lowest BCUT2D eigenvalue weighted by molar-refractivity contribution is 0.554. The van der Waals surface area contributed by atoms with Crippen molar-refractivity contribution >= 4 is 15.9 Å². The molecule has 2 nitrogen and oxygen atoms in total. The molecule has 0 spiro atoms.